The van der Waals surface area contributed by atoms with Crippen molar-refractivity contribution in [3.63, 3.8) is 0 Å². The Balaban J connectivity index is 1.55. The number of halogens is 1. The third-order valence-electron chi connectivity index (χ3n) is 3.64. The average molecular weight is 367 g/mol. The van der Waals surface area contributed by atoms with Crippen molar-refractivity contribution in [1.82, 2.24) is 20.1 Å². The minimum atomic E-state index is 0.0369. The van der Waals surface area contributed by atoms with Crippen LogP contribution >= 0.6 is 23.4 Å². The highest BCUT2D eigenvalue weighted by Gasteiger charge is 2.23. The number of rotatable bonds is 7. The second-order valence-electron chi connectivity index (χ2n) is 5.81. The summed E-state index contributed by atoms with van der Waals surface area (Å²) in [4.78, 5) is 11.7. The lowest BCUT2D eigenvalue weighted by molar-refractivity contribution is -0.118. The van der Waals surface area contributed by atoms with E-state index in [0.717, 1.165) is 18.4 Å². The molecule has 1 heterocycles. The molecule has 2 aromatic rings. The summed E-state index contributed by atoms with van der Waals surface area (Å²) >= 11 is 7.49. The molecule has 0 saturated heterocycles. The van der Waals surface area contributed by atoms with Gasteiger partial charge in [0.15, 0.2) is 11.0 Å². The highest BCUT2D eigenvalue weighted by atomic mass is 35.5. The Morgan fingerprint density at radius 1 is 1.46 bits per heavy atom. The van der Waals surface area contributed by atoms with E-state index < -0.39 is 0 Å². The van der Waals surface area contributed by atoms with E-state index in [2.05, 4.69) is 15.5 Å². The van der Waals surface area contributed by atoms with Gasteiger partial charge in [0, 0.05) is 13.1 Å². The summed E-state index contributed by atoms with van der Waals surface area (Å²) in [7, 11) is 1.86. The number of aryl methyl sites for hydroxylation is 1. The molecule has 1 aromatic heterocycles. The van der Waals surface area contributed by atoms with Crippen LogP contribution in [0.5, 0.6) is 5.75 Å². The van der Waals surface area contributed by atoms with Gasteiger partial charge in [-0.2, -0.15) is 0 Å². The Morgan fingerprint density at radius 3 is 3.00 bits per heavy atom. The molecule has 0 atom stereocenters. The maximum atomic E-state index is 11.7. The first-order valence-corrected chi connectivity index (χ1v) is 9.08. The van der Waals surface area contributed by atoms with E-state index in [9.17, 15) is 4.79 Å². The van der Waals surface area contributed by atoms with Crippen molar-refractivity contribution in [3.05, 3.63) is 34.6 Å². The van der Waals surface area contributed by atoms with Crippen LogP contribution in [0.1, 0.15) is 24.2 Å². The van der Waals surface area contributed by atoms with Gasteiger partial charge in [-0.25, -0.2) is 0 Å². The van der Waals surface area contributed by atoms with Crippen molar-refractivity contribution < 1.29 is 9.53 Å². The molecule has 1 aromatic carbocycles. The van der Waals surface area contributed by atoms with Crippen molar-refractivity contribution in [2.75, 3.05) is 5.75 Å². The van der Waals surface area contributed by atoms with Crippen molar-refractivity contribution in [3.8, 4) is 5.75 Å². The quantitative estimate of drug-likeness (QED) is 0.763. The van der Waals surface area contributed by atoms with Gasteiger partial charge in [-0.1, -0.05) is 29.4 Å². The monoisotopic (exact) mass is 366 g/mol. The van der Waals surface area contributed by atoms with Crippen LogP contribution in [-0.2, 0) is 18.4 Å². The number of carbonyl (C=O) groups is 1. The molecule has 8 heteroatoms. The van der Waals surface area contributed by atoms with Crippen molar-refractivity contribution in [2.45, 2.75) is 37.6 Å². The lowest BCUT2D eigenvalue weighted by Crippen LogP contribution is -2.27. The van der Waals surface area contributed by atoms with Crippen LogP contribution in [0.2, 0.25) is 5.02 Å². The zero-order valence-electron chi connectivity index (χ0n) is 13.6. The van der Waals surface area contributed by atoms with Crippen LogP contribution in [0, 0.1) is 6.92 Å². The Hall–Kier alpha value is -1.73. The second-order valence-corrected chi connectivity index (χ2v) is 7.16. The van der Waals surface area contributed by atoms with Crippen LogP contribution in [0.15, 0.2) is 23.4 Å². The predicted octanol–water partition coefficient (Wildman–Crippen LogP) is 2.73. The molecular formula is C16H19ClN4O2S. The van der Waals surface area contributed by atoms with Crippen LogP contribution in [0.25, 0.3) is 0 Å². The first-order chi connectivity index (χ1) is 11.5. The van der Waals surface area contributed by atoms with Gasteiger partial charge in [-0.3, -0.25) is 4.79 Å². The summed E-state index contributed by atoms with van der Waals surface area (Å²) in [6, 6.07) is 6.00. The SMILES string of the molecule is Cc1ccc(Cl)c(OCc2nnc(SCC(=O)NC3CC3)n2C)c1. The molecule has 128 valence electrons. The Kier molecular flexibility index (Phi) is 5.30. The van der Waals surface area contributed by atoms with Gasteiger partial charge in [0.05, 0.1) is 10.8 Å². The minimum Gasteiger partial charge on any atom is -0.484 e. The zero-order valence-corrected chi connectivity index (χ0v) is 15.2. The topological polar surface area (TPSA) is 69.0 Å². The molecule has 3 rings (SSSR count). The van der Waals surface area contributed by atoms with Crippen molar-refractivity contribution in [1.29, 1.82) is 0 Å². The molecule has 1 aliphatic carbocycles. The fourth-order valence-electron chi connectivity index (χ4n) is 2.09. The summed E-state index contributed by atoms with van der Waals surface area (Å²) < 4.78 is 7.57. The highest BCUT2D eigenvalue weighted by Crippen LogP contribution is 2.26. The summed E-state index contributed by atoms with van der Waals surface area (Å²) in [5, 5.41) is 12.4. The number of hydrogen-bond acceptors (Lipinski definition) is 5. The standard InChI is InChI=1S/C16H19ClN4O2S/c1-10-3-6-12(17)13(7-10)23-8-14-19-20-16(21(14)2)24-9-15(22)18-11-4-5-11/h3,6-7,11H,4-5,8-9H2,1-2H3,(H,18,22). The largest absolute Gasteiger partial charge is 0.484 e. The highest BCUT2D eigenvalue weighted by molar-refractivity contribution is 7.99. The molecule has 6 nitrogen and oxygen atoms in total. The van der Waals surface area contributed by atoms with Gasteiger partial charge in [0.2, 0.25) is 5.91 Å². The number of thioether (sulfide) groups is 1. The number of aromatic nitrogens is 3. The lowest BCUT2D eigenvalue weighted by atomic mass is 10.2. The Bertz CT molecular complexity index is 746. The van der Waals surface area contributed by atoms with Crippen LogP contribution in [0.4, 0.5) is 0 Å². The Morgan fingerprint density at radius 2 is 2.25 bits per heavy atom. The van der Waals surface area contributed by atoms with E-state index in [1.54, 1.807) is 0 Å². The van der Waals surface area contributed by atoms with E-state index in [0.29, 0.717) is 33.5 Å². The Labute approximate surface area is 149 Å². The molecule has 0 spiro atoms. The maximum Gasteiger partial charge on any atom is 0.230 e. The molecule has 0 unspecified atom stereocenters. The summed E-state index contributed by atoms with van der Waals surface area (Å²) in [5.41, 5.74) is 1.07. The van der Waals surface area contributed by atoms with Gasteiger partial charge in [-0.15, -0.1) is 10.2 Å². The molecule has 1 fully saturated rings. The molecular weight excluding hydrogens is 348 g/mol. The minimum absolute atomic E-state index is 0.0369. The fourth-order valence-corrected chi connectivity index (χ4v) is 3.00. The number of carbonyl (C=O) groups excluding carboxylic acids is 1. The first-order valence-electron chi connectivity index (χ1n) is 7.72. The molecule has 1 N–H and O–H groups in total. The van der Waals surface area contributed by atoms with Crippen LogP contribution in [0.3, 0.4) is 0 Å². The van der Waals surface area contributed by atoms with Gasteiger partial charge in [-0.05, 0) is 37.5 Å². The number of hydrogen-bond donors (Lipinski definition) is 1. The number of benzene rings is 1. The lowest BCUT2D eigenvalue weighted by Gasteiger charge is -2.09. The molecule has 1 aliphatic rings. The number of nitrogens with one attached hydrogen (secondary N) is 1. The van der Waals surface area contributed by atoms with Crippen LogP contribution in [-0.4, -0.2) is 32.5 Å². The molecule has 1 amide bonds. The number of nitrogens with zero attached hydrogens (tertiary/aromatic N) is 3. The van der Waals surface area contributed by atoms with Crippen molar-refractivity contribution >= 4 is 29.3 Å². The molecule has 0 radical (unpaired) electrons. The van der Waals surface area contributed by atoms with Crippen LogP contribution < -0.4 is 10.1 Å². The summed E-state index contributed by atoms with van der Waals surface area (Å²) in [5.74, 6) is 1.68. The third-order valence-corrected chi connectivity index (χ3v) is 4.98. The summed E-state index contributed by atoms with van der Waals surface area (Å²) in [6.07, 6.45) is 2.17. The number of amides is 1. The normalized spacial score (nSPS) is 13.8. The van der Waals surface area contributed by atoms with Gasteiger partial charge in [0.25, 0.3) is 0 Å². The third kappa shape index (κ3) is 4.42. The average Bonchev–Trinajstić information content (AvgIpc) is 3.29. The van der Waals surface area contributed by atoms with Gasteiger partial charge in [0.1, 0.15) is 12.4 Å². The first kappa shape index (κ1) is 17.1. The van der Waals surface area contributed by atoms with E-state index in [1.165, 1.54) is 11.8 Å². The molecule has 1 saturated carbocycles. The van der Waals surface area contributed by atoms with Gasteiger partial charge < -0.3 is 14.6 Å². The summed E-state index contributed by atoms with van der Waals surface area (Å²) in [6.45, 7) is 2.24. The maximum absolute atomic E-state index is 11.7. The zero-order chi connectivity index (χ0) is 17.1. The van der Waals surface area contributed by atoms with E-state index in [4.69, 9.17) is 16.3 Å². The van der Waals surface area contributed by atoms with Gasteiger partial charge >= 0.3 is 0 Å². The smallest absolute Gasteiger partial charge is 0.230 e. The van der Waals surface area contributed by atoms with E-state index in [1.807, 2.05) is 36.7 Å². The fraction of sp³-hybridized carbons (Fsp3) is 0.438. The van der Waals surface area contributed by atoms with Crippen molar-refractivity contribution in [2.24, 2.45) is 7.05 Å². The van der Waals surface area contributed by atoms with E-state index >= 15 is 0 Å². The number of ether oxygens (including phenoxy) is 1. The molecule has 24 heavy (non-hydrogen) atoms. The second kappa shape index (κ2) is 7.44. The molecule has 0 bridgehead atoms. The molecule has 0 aliphatic heterocycles. The van der Waals surface area contributed by atoms with E-state index in [-0.39, 0.29) is 12.5 Å². The predicted molar refractivity (Wildman–Crippen MR) is 93.4 cm³/mol.